The van der Waals surface area contributed by atoms with Gasteiger partial charge in [0.15, 0.2) is 27.5 Å². The van der Waals surface area contributed by atoms with E-state index in [9.17, 15) is 17.6 Å². The molecule has 0 bridgehead atoms. The third-order valence-electron chi connectivity index (χ3n) is 5.64. The van der Waals surface area contributed by atoms with Crippen LogP contribution in [0.3, 0.4) is 0 Å². The number of para-hydroxylation sites is 1. The topological polar surface area (TPSA) is 63.7 Å². The van der Waals surface area contributed by atoms with E-state index in [0.717, 1.165) is 16.3 Å². The van der Waals surface area contributed by atoms with E-state index in [1.165, 1.54) is 12.1 Å². The first-order chi connectivity index (χ1) is 14.8. The van der Waals surface area contributed by atoms with Crippen molar-refractivity contribution in [3.05, 3.63) is 78.1 Å². The van der Waals surface area contributed by atoms with Gasteiger partial charge in [-0.05, 0) is 41.8 Å². The van der Waals surface area contributed by atoms with Crippen molar-refractivity contribution in [2.75, 3.05) is 11.5 Å². The predicted molar refractivity (Wildman–Crippen MR) is 118 cm³/mol. The van der Waals surface area contributed by atoms with E-state index in [1.807, 2.05) is 42.5 Å². The lowest BCUT2D eigenvalue weighted by Gasteiger charge is -2.31. The Hall–Kier alpha value is -2.93. The van der Waals surface area contributed by atoms with Crippen LogP contribution in [0.25, 0.3) is 10.8 Å². The van der Waals surface area contributed by atoms with E-state index >= 15 is 0 Å². The lowest BCUT2D eigenvalue weighted by molar-refractivity contribution is -0.140. The van der Waals surface area contributed by atoms with E-state index in [2.05, 4.69) is 0 Å². The standard InChI is InChI=1S/C24H24FNO4S/c1-17(30-23-12-5-4-11-22(23)25)24(27)26(20-13-14-31(28,29)16-20)15-19-9-6-8-18-7-2-3-10-21(18)19/h2-12,17,20H,13-16H2,1H3/t17-,20-/m1/s1. The molecule has 1 amide bonds. The molecule has 7 heteroatoms. The summed E-state index contributed by atoms with van der Waals surface area (Å²) in [6.45, 7) is 1.82. The number of fused-ring (bicyclic) bond motifs is 1. The van der Waals surface area contributed by atoms with Gasteiger partial charge in [0.05, 0.1) is 11.5 Å². The molecule has 0 saturated carbocycles. The molecule has 31 heavy (non-hydrogen) atoms. The molecule has 5 nitrogen and oxygen atoms in total. The maximum absolute atomic E-state index is 14.0. The highest BCUT2D eigenvalue weighted by atomic mass is 32.2. The fourth-order valence-electron chi connectivity index (χ4n) is 4.04. The van der Waals surface area contributed by atoms with Crippen LogP contribution in [0.15, 0.2) is 66.7 Å². The van der Waals surface area contributed by atoms with Crippen molar-refractivity contribution in [1.82, 2.24) is 4.90 Å². The second-order valence-electron chi connectivity index (χ2n) is 7.85. The average molecular weight is 442 g/mol. The molecule has 0 aliphatic carbocycles. The first kappa shape index (κ1) is 21.3. The van der Waals surface area contributed by atoms with Crippen molar-refractivity contribution >= 4 is 26.5 Å². The Labute approximate surface area is 181 Å². The highest BCUT2D eigenvalue weighted by Gasteiger charge is 2.37. The van der Waals surface area contributed by atoms with Gasteiger partial charge in [-0.15, -0.1) is 0 Å². The quantitative estimate of drug-likeness (QED) is 0.581. The minimum absolute atomic E-state index is 0.00694. The maximum atomic E-state index is 14.0. The van der Waals surface area contributed by atoms with Gasteiger partial charge in [-0.25, -0.2) is 12.8 Å². The third-order valence-corrected chi connectivity index (χ3v) is 7.39. The van der Waals surface area contributed by atoms with Crippen LogP contribution >= 0.6 is 0 Å². The van der Waals surface area contributed by atoms with Crippen LogP contribution in [0.5, 0.6) is 5.75 Å². The van der Waals surface area contributed by atoms with Gasteiger partial charge in [0.2, 0.25) is 0 Å². The number of rotatable bonds is 6. The molecule has 1 aliphatic heterocycles. The summed E-state index contributed by atoms with van der Waals surface area (Å²) in [5.74, 6) is -0.938. The smallest absolute Gasteiger partial charge is 0.263 e. The molecule has 0 N–H and O–H groups in total. The number of ether oxygens (including phenoxy) is 1. The summed E-state index contributed by atoms with van der Waals surface area (Å²) in [4.78, 5) is 15.0. The van der Waals surface area contributed by atoms with Crippen LogP contribution in [0.1, 0.15) is 18.9 Å². The van der Waals surface area contributed by atoms with Crippen LogP contribution in [-0.2, 0) is 21.2 Å². The molecular formula is C24H24FNO4S. The second-order valence-corrected chi connectivity index (χ2v) is 10.1. The molecule has 1 aliphatic rings. The number of halogens is 1. The zero-order valence-corrected chi connectivity index (χ0v) is 18.0. The Kier molecular flexibility index (Phi) is 5.96. The SMILES string of the molecule is C[C@@H](Oc1ccccc1F)C(=O)N(Cc1cccc2ccccc12)[C@@H]1CCS(=O)(=O)C1. The summed E-state index contributed by atoms with van der Waals surface area (Å²) in [5.41, 5.74) is 0.925. The fraction of sp³-hybridized carbons (Fsp3) is 0.292. The van der Waals surface area contributed by atoms with Gasteiger partial charge in [0.1, 0.15) is 0 Å². The Morgan fingerprint density at radius 3 is 2.55 bits per heavy atom. The summed E-state index contributed by atoms with van der Waals surface area (Å²) in [6, 6.07) is 19.2. The van der Waals surface area contributed by atoms with Gasteiger partial charge in [-0.2, -0.15) is 0 Å². The fourth-order valence-corrected chi connectivity index (χ4v) is 5.77. The van der Waals surface area contributed by atoms with Crippen molar-refractivity contribution in [2.24, 2.45) is 0 Å². The predicted octanol–water partition coefficient (Wildman–Crippen LogP) is 3.96. The molecule has 1 fully saturated rings. The van der Waals surface area contributed by atoms with Crippen molar-refractivity contribution in [2.45, 2.75) is 32.0 Å². The van der Waals surface area contributed by atoms with E-state index in [1.54, 1.807) is 24.0 Å². The van der Waals surface area contributed by atoms with Gasteiger partial charge in [0, 0.05) is 12.6 Å². The lowest BCUT2D eigenvalue weighted by Crippen LogP contribution is -2.46. The molecule has 4 rings (SSSR count). The Balaban J connectivity index is 1.64. The third kappa shape index (κ3) is 4.71. The molecule has 3 aromatic rings. The average Bonchev–Trinajstić information content (AvgIpc) is 3.12. The number of sulfone groups is 1. The van der Waals surface area contributed by atoms with E-state index in [0.29, 0.717) is 6.42 Å². The first-order valence-corrected chi connectivity index (χ1v) is 12.0. The second kappa shape index (κ2) is 8.67. The Morgan fingerprint density at radius 2 is 1.81 bits per heavy atom. The molecule has 0 radical (unpaired) electrons. The lowest BCUT2D eigenvalue weighted by atomic mass is 10.0. The Bertz CT molecular complexity index is 1210. The van der Waals surface area contributed by atoms with Crippen LogP contribution in [0.2, 0.25) is 0 Å². The van der Waals surface area contributed by atoms with Crippen molar-refractivity contribution in [3.63, 3.8) is 0 Å². The van der Waals surface area contributed by atoms with Crippen molar-refractivity contribution < 1.29 is 22.3 Å². The normalized spacial score (nSPS) is 18.6. The van der Waals surface area contributed by atoms with E-state index in [4.69, 9.17) is 4.74 Å². The van der Waals surface area contributed by atoms with Crippen LogP contribution in [0, 0.1) is 5.82 Å². The minimum atomic E-state index is -3.19. The molecule has 2 atom stereocenters. The minimum Gasteiger partial charge on any atom is -0.478 e. The Morgan fingerprint density at radius 1 is 1.10 bits per heavy atom. The molecule has 162 valence electrons. The van der Waals surface area contributed by atoms with Crippen molar-refractivity contribution in [3.8, 4) is 5.75 Å². The first-order valence-electron chi connectivity index (χ1n) is 10.2. The van der Waals surface area contributed by atoms with Crippen LogP contribution in [0.4, 0.5) is 4.39 Å². The summed E-state index contributed by atoms with van der Waals surface area (Å²) in [7, 11) is -3.19. The molecule has 1 saturated heterocycles. The van der Waals surface area contributed by atoms with E-state index in [-0.39, 0.29) is 29.7 Å². The zero-order valence-electron chi connectivity index (χ0n) is 17.2. The molecule has 0 spiro atoms. The molecule has 3 aromatic carbocycles. The number of benzene rings is 3. The number of hydrogen-bond donors (Lipinski definition) is 0. The summed E-state index contributed by atoms with van der Waals surface area (Å²) in [5, 5.41) is 2.05. The summed E-state index contributed by atoms with van der Waals surface area (Å²) >= 11 is 0. The van der Waals surface area contributed by atoms with E-state index < -0.39 is 27.8 Å². The van der Waals surface area contributed by atoms with Gasteiger partial charge < -0.3 is 9.64 Å². The molecule has 0 aromatic heterocycles. The maximum Gasteiger partial charge on any atom is 0.263 e. The molecule has 0 unspecified atom stereocenters. The van der Waals surface area contributed by atoms with Gasteiger partial charge in [-0.1, -0.05) is 54.6 Å². The number of nitrogens with zero attached hydrogens (tertiary/aromatic N) is 1. The number of amides is 1. The number of carbonyl (C=O) groups excluding carboxylic acids is 1. The zero-order chi connectivity index (χ0) is 22.0. The molecule has 1 heterocycles. The van der Waals surface area contributed by atoms with Crippen molar-refractivity contribution in [1.29, 1.82) is 0 Å². The monoisotopic (exact) mass is 441 g/mol. The number of hydrogen-bond acceptors (Lipinski definition) is 4. The molecular weight excluding hydrogens is 417 g/mol. The summed E-state index contributed by atoms with van der Waals surface area (Å²) < 4.78 is 43.9. The van der Waals surface area contributed by atoms with Gasteiger partial charge in [0.25, 0.3) is 5.91 Å². The van der Waals surface area contributed by atoms with Gasteiger partial charge >= 0.3 is 0 Å². The highest BCUT2D eigenvalue weighted by molar-refractivity contribution is 7.91. The van der Waals surface area contributed by atoms with Crippen LogP contribution in [-0.4, -0.2) is 42.9 Å². The number of carbonyl (C=O) groups is 1. The van der Waals surface area contributed by atoms with Gasteiger partial charge in [-0.3, -0.25) is 4.79 Å². The van der Waals surface area contributed by atoms with Crippen LogP contribution < -0.4 is 4.74 Å². The summed E-state index contributed by atoms with van der Waals surface area (Å²) in [6.07, 6.45) is -0.583. The highest BCUT2D eigenvalue weighted by Crippen LogP contribution is 2.26. The largest absolute Gasteiger partial charge is 0.478 e.